The zero-order valence-corrected chi connectivity index (χ0v) is 14.1. The minimum absolute atomic E-state index is 0.0432. The molecule has 6 nitrogen and oxygen atoms in total. The Morgan fingerprint density at radius 3 is 2.31 bits per heavy atom. The van der Waals surface area contributed by atoms with E-state index in [-0.39, 0.29) is 6.04 Å². The second-order valence-electron chi connectivity index (χ2n) is 5.82. The summed E-state index contributed by atoms with van der Waals surface area (Å²) in [5.41, 5.74) is 3.03. The summed E-state index contributed by atoms with van der Waals surface area (Å²) in [5, 5.41) is 15.6. The molecule has 0 saturated heterocycles. The van der Waals surface area contributed by atoms with E-state index in [1.165, 1.54) is 0 Å². The van der Waals surface area contributed by atoms with Gasteiger partial charge in [0, 0.05) is 6.20 Å². The Labute approximate surface area is 151 Å². The molecule has 4 aromatic rings. The Morgan fingerprint density at radius 2 is 1.58 bits per heavy atom. The van der Waals surface area contributed by atoms with Crippen molar-refractivity contribution in [1.82, 2.24) is 30.5 Å². The summed E-state index contributed by atoms with van der Waals surface area (Å²) in [5.74, 6) is 0.744. The number of nitrogens with one attached hydrogen (secondary N) is 1. The molecule has 0 aliphatic heterocycles. The van der Waals surface area contributed by atoms with Crippen LogP contribution in [0.4, 0.5) is 0 Å². The lowest BCUT2D eigenvalue weighted by molar-refractivity contribution is 0.565. The molecule has 0 fully saturated rings. The lowest BCUT2D eigenvalue weighted by Crippen LogP contribution is -2.24. The van der Waals surface area contributed by atoms with Gasteiger partial charge in [-0.25, -0.2) is 0 Å². The van der Waals surface area contributed by atoms with Gasteiger partial charge in [-0.15, -0.1) is 5.10 Å². The molecular weight excluding hydrogens is 324 g/mol. The molecular formula is C20H18N6. The summed E-state index contributed by atoms with van der Waals surface area (Å²) in [4.78, 5) is 4.52. The van der Waals surface area contributed by atoms with Crippen molar-refractivity contribution in [3.05, 3.63) is 102 Å². The van der Waals surface area contributed by atoms with Crippen LogP contribution >= 0.6 is 0 Å². The first kappa shape index (κ1) is 16.1. The van der Waals surface area contributed by atoms with Crippen molar-refractivity contribution in [2.24, 2.45) is 0 Å². The van der Waals surface area contributed by atoms with E-state index in [4.69, 9.17) is 0 Å². The van der Waals surface area contributed by atoms with Crippen molar-refractivity contribution in [3.63, 3.8) is 0 Å². The van der Waals surface area contributed by atoms with Crippen LogP contribution in [0, 0.1) is 0 Å². The Bertz CT molecular complexity index is 898. The number of tetrazole rings is 1. The van der Waals surface area contributed by atoms with Crippen molar-refractivity contribution in [2.45, 2.75) is 12.6 Å². The molecule has 26 heavy (non-hydrogen) atoms. The van der Waals surface area contributed by atoms with E-state index in [0.29, 0.717) is 6.54 Å². The van der Waals surface area contributed by atoms with Crippen molar-refractivity contribution in [3.8, 4) is 5.69 Å². The maximum atomic E-state index is 4.52. The highest BCUT2D eigenvalue weighted by atomic mass is 15.5. The Kier molecular flexibility index (Phi) is 4.75. The highest BCUT2D eigenvalue weighted by molar-refractivity contribution is 5.31. The Morgan fingerprint density at radius 1 is 0.846 bits per heavy atom. The number of pyridine rings is 1. The van der Waals surface area contributed by atoms with Crippen LogP contribution < -0.4 is 5.32 Å². The van der Waals surface area contributed by atoms with Gasteiger partial charge < -0.3 is 0 Å². The van der Waals surface area contributed by atoms with Gasteiger partial charge in [0.2, 0.25) is 0 Å². The number of para-hydroxylation sites is 1. The molecule has 0 bridgehead atoms. The van der Waals surface area contributed by atoms with E-state index in [1.807, 2.05) is 66.7 Å². The average molecular weight is 342 g/mol. The number of benzene rings is 2. The molecule has 0 saturated carbocycles. The summed E-state index contributed by atoms with van der Waals surface area (Å²) in [6.45, 7) is 0.512. The second-order valence-corrected chi connectivity index (χ2v) is 5.82. The number of aromatic nitrogens is 5. The lowest BCUT2D eigenvalue weighted by Gasteiger charge is -2.18. The molecule has 0 spiro atoms. The topological polar surface area (TPSA) is 68.5 Å². The normalized spacial score (nSPS) is 12.0. The van der Waals surface area contributed by atoms with Gasteiger partial charge in [-0.05, 0) is 40.3 Å². The largest absolute Gasteiger partial charge is 0.298 e. The van der Waals surface area contributed by atoms with Crippen LogP contribution in [-0.4, -0.2) is 25.2 Å². The van der Waals surface area contributed by atoms with Crippen LogP contribution in [-0.2, 0) is 6.54 Å². The predicted octanol–water partition coefficient (Wildman–Crippen LogP) is 2.94. The maximum Gasteiger partial charge on any atom is 0.170 e. The quantitative estimate of drug-likeness (QED) is 0.583. The minimum Gasteiger partial charge on any atom is -0.298 e. The smallest absolute Gasteiger partial charge is 0.170 e. The molecule has 0 aliphatic carbocycles. The van der Waals surface area contributed by atoms with Gasteiger partial charge >= 0.3 is 0 Å². The SMILES string of the molecule is c1ccc(C(NCc2nnnn2-c2ccccc2)c2ccccn2)cc1. The van der Waals surface area contributed by atoms with Crippen molar-refractivity contribution in [2.75, 3.05) is 0 Å². The van der Waals surface area contributed by atoms with Crippen LogP contribution in [0.1, 0.15) is 23.1 Å². The molecule has 2 heterocycles. The minimum atomic E-state index is -0.0432. The fraction of sp³-hybridized carbons (Fsp3) is 0.100. The van der Waals surface area contributed by atoms with Crippen molar-refractivity contribution in [1.29, 1.82) is 0 Å². The lowest BCUT2D eigenvalue weighted by atomic mass is 10.0. The first-order valence-corrected chi connectivity index (χ1v) is 8.44. The number of hydrogen-bond donors (Lipinski definition) is 1. The number of rotatable bonds is 6. The highest BCUT2D eigenvalue weighted by Crippen LogP contribution is 2.20. The molecule has 2 aromatic carbocycles. The third-order valence-corrected chi connectivity index (χ3v) is 4.12. The van der Waals surface area contributed by atoms with E-state index in [1.54, 1.807) is 10.9 Å². The highest BCUT2D eigenvalue weighted by Gasteiger charge is 2.16. The second kappa shape index (κ2) is 7.67. The van der Waals surface area contributed by atoms with E-state index in [9.17, 15) is 0 Å². The summed E-state index contributed by atoms with van der Waals surface area (Å²) in [6.07, 6.45) is 1.81. The summed E-state index contributed by atoms with van der Waals surface area (Å²) >= 11 is 0. The molecule has 6 heteroatoms. The van der Waals surface area contributed by atoms with E-state index in [0.717, 1.165) is 22.8 Å². The van der Waals surface area contributed by atoms with E-state index >= 15 is 0 Å². The van der Waals surface area contributed by atoms with Gasteiger partial charge in [-0.1, -0.05) is 54.6 Å². The van der Waals surface area contributed by atoms with Gasteiger partial charge in [0.15, 0.2) is 5.82 Å². The summed E-state index contributed by atoms with van der Waals surface area (Å²) < 4.78 is 1.74. The van der Waals surface area contributed by atoms with Gasteiger partial charge in [0.05, 0.1) is 24.0 Å². The summed E-state index contributed by atoms with van der Waals surface area (Å²) in [6, 6.07) is 26.0. The van der Waals surface area contributed by atoms with Crippen molar-refractivity contribution >= 4 is 0 Å². The predicted molar refractivity (Wildman–Crippen MR) is 98.5 cm³/mol. The molecule has 0 radical (unpaired) electrons. The first-order valence-electron chi connectivity index (χ1n) is 8.44. The van der Waals surface area contributed by atoms with Gasteiger partial charge in [-0.2, -0.15) is 4.68 Å². The van der Waals surface area contributed by atoms with Gasteiger partial charge in [0.1, 0.15) is 0 Å². The van der Waals surface area contributed by atoms with Gasteiger partial charge in [0.25, 0.3) is 0 Å². The Balaban J connectivity index is 1.60. The molecule has 0 aliphatic rings. The standard InChI is InChI=1S/C20H18N6/c1-3-9-16(10-4-1)20(18-13-7-8-14-21-18)22-15-19-23-24-25-26(19)17-11-5-2-6-12-17/h1-14,20,22H,15H2. The van der Waals surface area contributed by atoms with Crippen LogP contribution in [0.3, 0.4) is 0 Å². The van der Waals surface area contributed by atoms with Crippen LogP contribution in [0.15, 0.2) is 85.1 Å². The zero-order valence-electron chi connectivity index (χ0n) is 14.1. The van der Waals surface area contributed by atoms with E-state index in [2.05, 4.69) is 38.0 Å². The molecule has 0 amide bonds. The first-order chi connectivity index (χ1) is 12.9. The van der Waals surface area contributed by atoms with Crippen LogP contribution in [0.5, 0.6) is 0 Å². The fourth-order valence-corrected chi connectivity index (χ4v) is 2.86. The van der Waals surface area contributed by atoms with Crippen molar-refractivity contribution < 1.29 is 0 Å². The van der Waals surface area contributed by atoms with E-state index < -0.39 is 0 Å². The molecule has 4 rings (SSSR count). The van der Waals surface area contributed by atoms with Gasteiger partial charge in [-0.3, -0.25) is 10.3 Å². The average Bonchev–Trinajstić information content (AvgIpc) is 3.19. The Hall–Kier alpha value is -3.38. The monoisotopic (exact) mass is 342 g/mol. The summed E-state index contributed by atoms with van der Waals surface area (Å²) in [7, 11) is 0. The van der Waals surface area contributed by atoms with Crippen LogP contribution in [0.25, 0.3) is 5.69 Å². The molecule has 1 unspecified atom stereocenters. The fourth-order valence-electron chi connectivity index (χ4n) is 2.86. The molecule has 1 atom stereocenters. The third-order valence-electron chi connectivity index (χ3n) is 4.12. The number of nitrogens with zero attached hydrogens (tertiary/aromatic N) is 5. The molecule has 1 N–H and O–H groups in total. The maximum absolute atomic E-state index is 4.52. The zero-order chi connectivity index (χ0) is 17.6. The third kappa shape index (κ3) is 3.50. The molecule has 128 valence electrons. The number of hydrogen-bond acceptors (Lipinski definition) is 5. The van der Waals surface area contributed by atoms with Crippen LogP contribution in [0.2, 0.25) is 0 Å². The molecule has 2 aromatic heterocycles.